The molecule has 0 radical (unpaired) electrons. The fraction of sp³-hybridized carbons (Fsp3) is 0.294. The number of hydrogen-bond donors (Lipinski definition) is 0. The number of rotatable bonds is 2. The Hall–Kier alpha value is -1.66. The van der Waals surface area contributed by atoms with Crippen LogP contribution in [0.2, 0.25) is 6.25 Å². The second kappa shape index (κ2) is 9.52. The number of hydrogen-bond acceptors (Lipinski definition) is 0. The molecule has 0 spiro atoms. The van der Waals surface area contributed by atoms with Crippen LogP contribution in [0.5, 0.6) is 0 Å². The summed E-state index contributed by atoms with van der Waals surface area (Å²) in [5.41, 5.74) is 11.8. The summed E-state index contributed by atoms with van der Waals surface area (Å²) in [6, 6.07) is 17.9. The van der Waals surface area contributed by atoms with E-state index in [1.54, 1.807) is 11.1 Å². The average molecular weight is 607 g/mol. The van der Waals surface area contributed by atoms with Crippen LogP contribution in [0, 0.1) is 10.8 Å². The molecule has 37 heavy (non-hydrogen) atoms. The van der Waals surface area contributed by atoms with Gasteiger partial charge in [0.15, 0.2) is 0 Å². The molecule has 0 nitrogen and oxygen atoms in total. The summed E-state index contributed by atoms with van der Waals surface area (Å²) < 4.78 is 0.129. The number of allylic oxidation sites excluding steroid dienone is 10. The normalized spacial score (nSPS) is 24.7. The first kappa shape index (κ1) is 28.4. The molecule has 6 rings (SSSR count). The molecule has 0 N–H and O–H groups in total. The van der Waals surface area contributed by atoms with Crippen LogP contribution in [-0.2, 0) is 23.2 Å². The van der Waals surface area contributed by atoms with Crippen molar-refractivity contribution in [1.82, 2.24) is 0 Å². The molecule has 0 fully saturated rings. The fourth-order valence-electron chi connectivity index (χ4n) is 6.47. The topological polar surface area (TPSA) is 0 Å². The zero-order valence-corrected chi connectivity index (χ0v) is 26.6. The first-order valence-electron chi connectivity index (χ1n) is 12.8. The van der Waals surface area contributed by atoms with Gasteiger partial charge in [-0.1, -0.05) is 0 Å². The van der Waals surface area contributed by atoms with Gasteiger partial charge >= 0.3 is 224 Å². The predicted molar refractivity (Wildman–Crippen MR) is 162 cm³/mol. The van der Waals surface area contributed by atoms with Crippen LogP contribution < -0.4 is 0 Å². The van der Waals surface area contributed by atoms with Gasteiger partial charge in [0, 0.05) is 0 Å². The average Bonchev–Trinajstić information content (AvgIpc) is 3.38. The monoisotopic (exact) mass is 604 g/mol. The van der Waals surface area contributed by atoms with E-state index in [0.29, 0.717) is 0 Å². The van der Waals surface area contributed by atoms with Gasteiger partial charge in [-0.25, -0.2) is 0 Å². The Labute approximate surface area is 246 Å². The third-order valence-corrected chi connectivity index (χ3v) is 16.3. The molecule has 0 saturated carbocycles. The predicted octanol–water partition coefficient (Wildman–Crippen LogP) is 10.4. The Balaban J connectivity index is 0.00000160. The molecule has 0 saturated heterocycles. The van der Waals surface area contributed by atoms with E-state index < -0.39 is 23.2 Å². The molecule has 2 unspecified atom stereocenters. The minimum Gasteiger partial charge on any atom is -0.147 e. The van der Waals surface area contributed by atoms with Crippen molar-refractivity contribution in [3.63, 3.8) is 0 Å². The zero-order chi connectivity index (χ0) is 24.6. The van der Waals surface area contributed by atoms with E-state index in [-0.39, 0.29) is 41.9 Å². The van der Waals surface area contributed by atoms with Crippen molar-refractivity contribution in [1.29, 1.82) is 0 Å². The molecule has 2 aromatic rings. The Bertz CT molecular complexity index is 1330. The van der Waals surface area contributed by atoms with E-state index in [9.17, 15) is 0 Å². The van der Waals surface area contributed by atoms with E-state index in [1.165, 1.54) is 33.4 Å². The van der Waals surface area contributed by atoms with Crippen LogP contribution in [0.3, 0.4) is 0 Å². The summed E-state index contributed by atoms with van der Waals surface area (Å²) in [6.45, 7) is 14.8. The molecule has 3 heteroatoms. The Morgan fingerprint density at radius 2 is 0.946 bits per heavy atom. The molecule has 0 heterocycles. The quantitative estimate of drug-likeness (QED) is 0.319. The SMILES string of the molecule is CC(C)(C)[C]1([Zr][C]2(C(C)(C)C)C=CC=C3C2=Cc2ccccc23)C=CC=C2C1=Cc1ccccc12.Cl.Cl. The molecular formula is C34H36Cl2Zr. The third kappa shape index (κ3) is 4.04. The Morgan fingerprint density at radius 3 is 1.32 bits per heavy atom. The standard InChI is InChI=1S/2C17H17.2ClH.Zr/c2*1-17(2,3)16-10-6-9-14-13-8-5-4-7-12(13)11-15(14)16;;;/h2*4-11H,1-3H3;2*1H;. The molecule has 0 amide bonds. The number of halogens is 2. The van der Waals surface area contributed by atoms with E-state index >= 15 is 0 Å². The maximum atomic E-state index is 2.60. The van der Waals surface area contributed by atoms with Gasteiger partial charge in [0.05, 0.1) is 0 Å². The van der Waals surface area contributed by atoms with Crippen LogP contribution >= 0.6 is 24.8 Å². The van der Waals surface area contributed by atoms with Gasteiger partial charge in [0.1, 0.15) is 0 Å². The van der Waals surface area contributed by atoms with Crippen molar-refractivity contribution in [2.45, 2.75) is 47.8 Å². The van der Waals surface area contributed by atoms with Crippen molar-refractivity contribution in [2.75, 3.05) is 0 Å². The molecule has 4 aliphatic rings. The van der Waals surface area contributed by atoms with E-state index in [1.807, 2.05) is 0 Å². The number of fused-ring (bicyclic) bond motifs is 6. The maximum absolute atomic E-state index is 2.60. The molecular weight excluding hydrogens is 571 g/mol. The first-order chi connectivity index (χ1) is 16.6. The first-order valence-corrected chi connectivity index (χ1v) is 15.3. The van der Waals surface area contributed by atoms with Crippen molar-refractivity contribution >= 4 is 48.1 Å². The van der Waals surface area contributed by atoms with Crippen molar-refractivity contribution < 1.29 is 23.2 Å². The van der Waals surface area contributed by atoms with E-state index in [2.05, 4.69) is 139 Å². The van der Waals surface area contributed by atoms with Gasteiger partial charge in [-0.05, 0) is 0 Å². The van der Waals surface area contributed by atoms with Crippen molar-refractivity contribution in [3.8, 4) is 0 Å². The smallest absolute Gasteiger partial charge is 0.147 e. The second-order valence-electron chi connectivity index (χ2n) is 12.4. The Kier molecular flexibility index (Phi) is 7.29. The van der Waals surface area contributed by atoms with Gasteiger partial charge in [0.25, 0.3) is 0 Å². The molecule has 0 aliphatic heterocycles. The molecule has 190 valence electrons. The van der Waals surface area contributed by atoms with Gasteiger partial charge in [0.2, 0.25) is 0 Å². The van der Waals surface area contributed by atoms with Crippen LogP contribution in [-0.4, -0.2) is 0 Å². The minimum absolute atomic E-state index is 0. The van der Waals surface area contributed by atoms with Crippen molar-refractivity contribution in [3.05, 3.63) is 118 Å². The van der Waals surface area contributed by atoms with Gasteiger partial charge < -0.3 is 0 Å². The van der Waals surface area contributed by atoms with Crippen LogP contribution in [0.15, 0.2) is 96.1 Å². The zero-order valence-electron chi connectivity index (χ0n) is 22.6. The van der Waals surface area contributed by atoms with E-state index in [4.69, 9.17) is 0 Å². The summed E-state index contributed by atoms with van der Waals surface area (Å²) in [5, 5.41) is 0. The van der Waals surface area contributed by atoms with Crippen LogP contribution in [0.4, 0.5) is 0 Å². The van der Waals surface area contributed by atoms with Gasteiger partial charge in [-0.3, -0.25) is 0 Å². The molecule has 2 aromatic carbocycles. The largest absolute Gasteiger partial charge is 0.147 e. The summed E-state index contributed by atoms with van der Waals surface area (Å²) >= 11 is -1.24. The molecule has 2 atom stereocenters. The fourth-order valence-corrected chi connectivity index (χ4v) is 12.4. The Morgan fingerprint density at radius 1 is 0.568 bits per heavy atom. The summed E-state index contributed by atoms with van der Waals surface area (Å²) in [4.78, 5) is 0. The van der Waals surface area contributed by atoms with E-state index in [0.717, 1.165) is 0 Å². The van der Waals surface area contributed by atoms with Gasteiger partial charge in [-0.15, -0.1) is 24.8 Å². The molecule has 0 bridgehead atoms. The maximum Gasteiger partial charge on any atom is -0.147 e. The second-order valence-corrected chi connectivity index (χ2v) is 16.9. The van der Waals surface area contributed by atoms with Crippen molar-refractivity contribution in [2.24, 2.45) is 10.8 Å². The van der Waals surface area contributed by atoms with Gasteiger partial charge in [-0.2, -0.15) is 0 Å². The van der Waals surface area contributed by atoms with Crippen LogP contribution in [0.1, 0.15) is 63.8 Å². The minimum atomic E-state index is -1.24. The summed E-state index contributed by atoms with van der Waals surface area (Å²) in [5.74, 6) is 0. The molecule has 0 aromatic heterocycles. The number of benzene rings is 2. The summed E-state index contributed by atoms with van der Waals surface area (Å²) in [7, 11) is 0. The summed E-state index contributed by atoms with van der Waals surface area (Å²) in [6.07, 6.45) is 19.7. The molecule has 4 aliphatic carbocycles. The third-order valence-electron chi connectivity index (χ3n) is 8.51. The van der Waals surface area contributed by atoms with Crippen LogP contribution in [0.25, 0.3) is 23.3 Å².